The number of thiophene rings is 1. The number of benzene rings is 3. The van der Waals surface area contributed by atoms with Crippen LogP contribution in [0.4, 0.5) is 11.4 Å². The zero-order chi connectivity index (χ0) is 28.5. The van der Waals surface area contributed by atoms with E-state index >= 15 is 0 Å². The molecule has 0 radical (unpaired) electrons. The summed E-state index contributed by atoms with van der Waals surface area (Å²) < 4.78 is 0. The number of carbonyl (C=O) groups is 4. The molecule has 0 fully saturated rings. The third-order valence-electron chi connectivity index (χ3n) is 5.33. The smallest absolute Gasteiger partial charge is 0.335 e. The Labute approximate surface area is 243 Å². The summed E-state index contributed by atoms with van der Waals surface area (Å²) in [5.41, 5.74) is 1.25. The van der Waals surface area contributed by atoms with Crippen molar-refractivity contribution in [3.05, 3.63) is 117 Å². The van der Waals surface area contributed by atoms with Gasteiger partial charge < -0.3 is 21.1 Å². The van der Waals surface area contributed by atoms with E-state index in [4.69, 9.17) is 16.7 Å². The van der Waals surface area contributed by atoms with E-state index in [1.165, 1.54) is 41.3 Å². The largest absolute Gasteiger partial charge is 0.478 e. The molecule has 1 aromatic heterocycles. The average Bonchev–Trinajstić information content (AvgIpc) is 3.47. The first-order valence-corrected chi connectivity index (χ1v) is 14.0. The second-order valence-electron chi connectivity index (χ2n) is 8.21. The Morgan fingerprint density at radius 2 is 1.62 bits per heavy atom. The highest BCUT2D eigenvalue weighted by Crippen LogP contribution is 2.25. The van der Waals surface area contributed by atoms with Crippen molar-refractivity contribution in [1.82, 2.24) is 5.32 Å². The predicted molar refractivity (Wildman–Crippen MR) is 159 cm³/mol. The summed E-state index contributed by atoms with van der Waals surface area (Å²) in [5.74, 6) is -2.32. The summed E-state index contributed by atoms with van der Waals surface area (Å²) in [6.07, 6.45) is 1.61. The van der Waals surface area contributed by atoms with Crippen molar-refractivity contribution in [1.29, 1.82) is 0 Å². The molecule has 3 amide bonds. The van der Waals surface area contributed by atoms with Crippen LogP contribution in [0.25, 0.3) is 6.08 Å². The zero-order valence-corrected chi connectivity index (χ0v) is 23.1. The van der Waals surface area contributed by atoms with Gasteiger partial charge in [-0.05, 0) is 72.1 Å². The highest BCUT2D eigenvalue weighted by molar-refractivity contribution is 8.00. The SMILES string of the molecule is O=C(CSc1ccc(NC(=O)/C(=C/c2cccs2)NC(=O)c2ccccc2)cc1)Nc1cc(C(=O)O)ccc1Cl. The Balaban J connectivity index is 1.36. The molecule has 3 aromatic carbocycles. The number of carboxylic acids is 1. The van der Waals surface area contributed by atoms with Gasteiger partial charge in [-0.1, -0.05) is 35.9 Å². The van der Waals surface area contributed by atoms with Crippen molar-refractivity contribution >= 4 is 75.8 Å². The van der Waals surface area contributed by atoms with Crippen LogP contribution in [0.15, 0.2) is 101 Å². The first-order chi connectivity index (χ1) is 19.3. The fourth-order valence-corrected chi connectivity index (χ4v) is 4.90. The van der Waals surface area contributed by atoms with Crippen molar-refractivity contribution in [3.8, 4) is 0 Å². The van der Waals surface area contributed by atoms with Gasteiger partial charge in [0.2, 0.25) is 5.91 Å². The van der Waals surface area contributed by atoms with E-state index in [1.807, 2.05) is 17.5 Å². The van der Waals surface area contributed by atoms with Gasteiger partial charge in [0.05, 0.1) is 22.0 Å². The third-order valence-corrected chi connectivity index (χ3v) is 7.49. The van der Waals surface area contributed by atoms with Gasteiger partial charge in [-0.25, -0.2) is 4.79 Å². The molecule has 0 aliphatic carbocycles. The van der Waals surface area contributed by atoms with E-state index in [-0.39, 0.29) is 33.6 Å². The number of nitrogens with one attached hydrogen (secondary N) is 3. The van der Waals surface area contributed by atoms with Gasteiger partial charge in [-0.3, -0.25) is 14.4 Å². The van der Waals surface area contributed by atoms with E-state index in [1.54, 1.807) is 60.7 Å². The lowest BCUT2D eigenvalue weighted by molar-refractivity contribution is -0.114. The van der Waals surface area contributed by atoms with E-state index < -0.39 is 17.8 Å². The van der Waals surface area contributed by atoms with Crippen LogP contribution in [0.5, 0.6) is 0 Å². The maximum Gasteiger partial charge on any atom is 0.335 e. The Kier molecular flexibility index (Phi) is 9.74. The number of hydrogen-bond donors (Lipinski definition) is 4. The summed E-state index contributed by atoms with van der Waals surface area (Å²) in [7, 11) is 0. The predicted octanol–water partition coefficient (Wildman–Crippen LogP) is 6.24. The molecule has 0 saturated carbocycles. The molecule has 40 heavy (non-hydrogen) atoms. The topological polar surface area (TPSA) is 125 Å². The molecular formula is C29H22ClN3O5S2. The average molecular weight is 592 g/mol. The van der Waals surface area contributed by atoms with Crippen LogP contribution in [-0.2, 0) is 9.59 Å². The first-order valence-electron chi connectivity index (χ1n) is 11.8. The van der Waals surface area contributed by atoms with E-state index in [0.29, 0.717) is 11.3 Å². The molecule has 0 atom stereocenters. The van der Waals surface area contributed by atoms with Crippen molar-refractivity contribution in [2.45, 2.75) is 4.90 Å². The fraction of sp³-hybridized carbons (Fsp3) is 0.0345. The van der Waals surface area contributed by atoms with Gasteiger partial charge in [-0.15, -0.1) is 23.1 Å². The number of amides is 3. The molecule has 0 bridgehead atoms. The summed E-state index contributed by atoms with van der Waals surface area (Å²) in [4.78, 5) is 50.9. The molecule has 11 heteroatoms. The van der Waals surface area contributed by atoms with Gasteiger partial charge >= 0.3 is 5.97 Å². The van der Waals surface area contributed by atoms with Crippen LogP contribution >= 0.6 is 34.7 Å². The summed E-state index contributed by atoms with van der Waals surface area (Å²) in [6.45, 7) is 0. The van der Waals surface area contributed by atoms with Gasteiger partial charge in [0.25, 0.3) is 11.8 Å². The molecule has 0 aliphatic heterocycles. The molecule has 4 rings (SSSR count). The quantitative estimate of drug-likeness (QED) is 0.128. The van der Waals surface area contributed by atoms with Crippen LogP contribution in [0.1, 0.15) is 25.6 Å². The molecule has 202 valence electrons. The molecule has 1 heterocycles. The Morgan fingerprint density at radius 1 is 0.875 bits per heavy atom. The monoisotopic (exact) mass is 591 g/mol. The number of halogens is 1. The normalized spacial score (nSPS) is 11.0. The molecular weight excluding hydrogens is 570 g/mol. The number of hydrogen-bond acceptors (Lipinski definition) is 6. The Morgan fingerprint density at radius 3 is 2.30 bits per heavy atom. The first kappa shape index (κ1) is 28.6. The van der Waals surface area contributed by atoms with Gasteiger partial charge in [0, 0.05) is 21.0 Å². The molecule has 4 aromatic rings. The van der Waals surface area contributed by atoms with E-state index in [0.717, 1.165) is 9.77 Å². The van der Waals surface area contributed by atoms with Crippen LogP contribution in [0, 0.1) is 0 Å². The summed E-state index contributed by atoms with van der Waals surface area (Å²) in [5, 5.41) is 19.3. The molecule has 0 saturated heterocycles. The highest BCUT2D eigenvalue weighted by atomic mass is 35.5. The lowest BCUT2D eigenvalue weighted by Gasteiger charge is -2.12. The lowest BCUT2D eigenvalue weighted by atomic mass is 10.2. The molecule has 8 nitrogen and oxygen atoms in total. The van der Waals surface area contributed by atoms with Crippen LogP contribution < -0.4 is 16.0 Å². The summed E-state index contributed by atoms with van der Waals surface area (Å²) >= 11 is 8.76. The third kappa shape index (κ3) is 8.06. The molecule has 0 aliphatic rings. The number of thioether (sulfide) groups is 1. The van der Waals surface area contributed by atoms with Gasteiger partial charge in [0.15, 0.2) is 0 Å². The maximum atomic E-state index is 13.1. The second-order valence-corrected chi connectivity index (χ2v) is 10.6. The number of aromatic carboxylic acids is 1. The summed E-state index contributed by atoms with van der Waals surface area (Å²) in [6, 6.07) is 23.2. The minimum Gasteiger partial charge on any atom is -0.478 e. The molecule has 0 unspecified atom stereocenters. The van der Waals surface area contributed by atoms with Gasteiger partial charge in [0.1, 0.15) is 5.70 Å². The molecule has 4 N–H and O–H groups in total. The van der Waals surface area contributed by atoms with Crippen LogP contribution in [0.2, 0.25) is 5.02 Å². The Bertz CT molecular complexity index is 1560. The van der Waals surface area contributed by atoms with Crippen molar-refractivity contribution in [3.63, 3.8) is 0 Å². The maximum absolute atomic E-state index is 13.1. The van der Waals surface area contributed by atoms with E-state index in [9.17, 15) is 19.2 Å². The lowest BCUT2D eigenvalue weighted by Crippen LogP contribution is -2.30. The van der Waals surface area contributed by atoms with Crippen molar-refractivity contribution < 1.29 is 24.3 Å². The van der Waals surface area contributed by atoms with Crippen molar-refractivity contribution in [2.24, 2.45) is 0 Å². The number of anilines is 2. The Hall–Kier alpha value is -4.38. The van der Waals surface area contributed by atoms with Gasteiger partial charge in [-0.2, -0.15) is 0 Å². The minimum absolute atomic E-state index is 0.0120. The van der Waals surface area contributed by atoms with Crippen molar-refractivity contribution in [2.75, 3.05) is 16.4 Å². The second kappa shape index (κ2) is 13.6. The molecule has 0 spiro atoms. The van der Waals surface area contributed by atoms with E-state index in [2.05, 4.69) is 16.0 Å². The number of carbonyl (C=O) groups excluding carboxylic acids is 3. The van der Waals surface area contributed by atoms with Crippen LogP contribution in [0.3, 0.4) is 0 Å². The fourth-order valence-electron chi connectivity index (χ4n) is 3.38. The minimum atomic E-state index is -1.12. The number of carboxylic acid groups (broad SMARTS) is 1. The van der Waals surface area contributed by atoms with Crippen LogP contribution in [-0.4, -0.2) is 34.6 Å². The highest BCUT2D eigenvalue weighted by Gasteiger charge is 2.16. The zero-order valence-electron chi connectivity index (χ0n) is 20.7. The number of rotatable bonds is 10. The standard InChI is InChI=1S/C29H22ClN3O5S2/c30-23-13-8-19(29(37)38)15-24(23)32-26(34)17-40-21-11-9-20(10-12-21)31-28(36)25(16-22-7-4-14-39-22)33-27(35)18-5-2-1-3-6-18/h1-16H,17H2,(H,31,36)(H,32,34)(H,33,35)(H,37,38)/b25-16-.